The Bertz CT molecular complexity index is 949. The van der Waals surface area contributed by atoms with Crippen LogP contribution >= 0.6 is 11.3 Å². The highest BCUT2D eigenvalue weighted by Gasteiger charge is 2.43. The third-order valence-electron chi connectivity index (χ3n) is 6.07. The maximum absolute atomic E-state index is 11.0. The number of carbonyl (C=O) groups is 1. The third-order valence-corrected chi connectivity index (χ3v) is 6.93. The third kappa shape index (κ3) is 4.98. The quantitative estimate of drug-likeness (QED) is 0.605. The van der Waals surface area contributed by atoms with Crippen molar-refractivity contribution < 1.29 is 28.5 Å². The first-order valence-corrected chi connectivity index (χ1v) is 12.0. The van der Waals surface area contributed by atoms with Gasteiger partial charge in [-0.05, 0) is 38.2 Å². The van der Waals surface area contributed by atoms with Crippen LogP contribution in [0.5, 0.6) is 11.1 Å². The van der Waals surface area contributed by atoms with Crippen LogP contribution in [0.25, 0.3) is 10.3 Å². The van der Waals surface area contributed by atoms with Crippen molar-refractivity contribution in [1.82, 2.24) is 15.3 Å². The summed E-state index contributed by atoms with van der Waals surface area (Å²) in [6.07, 6.45) is 3.11. The van der Waals surface area contributed by atoms with Gasteiger partial charge in [-0.1, -0.05) is 11.3 Å². The van der Waals surface area contributed by atoms with Gasteiger partial charge in [-0.2, -0.15) is 0 Å². The second-order valence-electron chi connectivity index (χ2n) is 8.81. The van der Waals surface area contributed by atoms with Crippen LogP contribution in [0.4, 0.5) is 0 Å². The summed E-state index contributed by atoms with van der Waals surface area (Å²) in [6, 6.07) is 3.79. The van der Waals surface area contributed by atoms with Gasteiger partial charge in [0, 0.05) is 25.6 Å². The number of aromatic nitrogens is 2. The summed E-state index contributed by atoms with van der Waals surface area (Å²) in [5.41, 5.74) is 0.797. The van der Waals surface area contributed by atoms with E-state index in [1.165, 1.54) is 18.3 Å². The van der Waals surface area contributed by atoms with Crippen molar-refractivity contribution in [3.8, 4) is 11.1 Å². The Labute approximate surface area is 190 Å². The lowest BCUT2D eigenvalue weighted by atomic mass is 9.83. The van der Waals surface area contributed by atoms with Crippen LogP contribution in [-0.2, 0) is 19.0 Å². The fraction of sp³-hybridized carbons (Fsp3) is 0.682. The van der Waals surface area contributed by atoms with Crippen LogP contribution in [0.1, 0.15) is 33.1 Å². The van der Waals surface area contributed by atoms with E-state index in [-0.39, 0.29) is 36.4 Å². The predicted molar refractivity (Wildman–Crippen MR) is 117 cm³/mol. The molecule has 10 heteroatoms. The van der Waals surface area contributed by atoms with Gasteiger partial charge in [0.25, 0.3) is 5.19 Å². The van der Waals surface area contributed by atoms with Crippen molar-refractivity contribution in [2.24, 2.45) is 5.92 Å². The Balaban J connectivity index is 1.07. The van der Waals surface area contributed by atoms with E-state index in [9.17, 15) is 4.79 Å². The number of hydrogen-bond acceptors (Lipinski definition) is 9. The van der Waals surface area contributed by atoms with Gasteiger partial charge in [0.15, 0.2) is 10.9 Å². The van der Waals surface area contributed by atoms with E-state index in [1.807, 2.05) is 19.1 Å². The molecule has 2 aromatic rings. The zero-order valence-corrected chi connectivity index (χ0v) is 19.1. The average molecular weight is 464 g/mol. The van der Waals surface area contributed by atoms with Gasteiger partial charge < -0.3 is 29.0 Å². The number of carbonyl (C=O) groups excluding carboxylic acids is 1. The van der Waals surface area contributed by atoms with E-state index in [0.717, 1.165) is 36.2 Å². The van der Waals surface area contributed by atoms with Gasteiger partial charge in [0.05, 0.1) is 32.0 Å². The Hall–Kier alpha value is -2.01. The maximum atomic E-state index is 11.0. The van der Waals surface area contributed by atoms with Crippen molar-refractivity contribution in [2.45, 2.75) is 63.6 Å². The van der Waals surface area contributed by atoms with Gasteiger partial charge in [0.1, 0.15) is 11.6 Å². The van der Waals surface area contributed by atoms with E-state index in [0.29, 0.717) is 36.8 Å². The minimum absolute atomic E-state index is 0.00207. The summed E-state index contributed by atoms with van der Waals surface area (Å²) < 4.78 is 29.3. The van der Waals surface area contributed by atoms with Gasteiger partial charge in [-0.15, -0.1) is 0 Å². The number of fused-ring (bicyclic) bond motifs is 2. The molecule has 0 aromatic carbocycles. The fourth-order valence-corrected chi connectivity index (χ4v) is 5.23. The van der Waals surface area contributed by atoms with Crippen molar-refractivity contribution in [3.63, 3.8) is 0 Å². The second kappa shape index (κ2) is 9.46. The molecule has 1 N–H and O–H groups in total. The normalized spacial score (nSPS) is 30.0. The second-order valence-corrected chi connectivity index (χ2v) is 9.75. The summed E-state index contributed by atoms with van der Waals surface area (Å²) >= 11 is 1.41. The van der Waals surface area contributed by atoms with E-state index in [1.54, 1.807) is 0 Å². The molecule has 1 aliphatic carbocycles. The highest BCUT2D eigenvalue weighted by atomic mass is 32.1. The fourth-order valence-electron chi connectivity index (χ4n) is 4.39. The minimum Gasteiger partial charge on any atom is -0.477 e. The average Bonchev–Trinajstić information content (AvgIpc) is 3.42. The lowest BCUT2D eigenvalue weighted by molar-refractivity contribution is -0.120. The zero-order valence-electron chi connectivity index (χ0n) is 18.3. The highest BCUT2D eigenvalue weighted by Crippen LogP contribution is 2.34. The summed E-state index contributed by atoms with van der Waals surface area (Å²) in [6.45, 7) is 5.86. The van der Waals surface area contributed by atoms with E-state index in [4.69, 9.17) is 23.7 Å². The van der Waals surface area contributed by atoms with Crippen LogP contribution in [-0.4, -0.2) is 72.8 Å². The predicted octanol–water partition coefficient (Wildman–Crippen LogP) is 2.32. The largest absolute Gasteiger partial charge is 0.477 e. The van der Waals surface area contributed by atoms with Crippen LogP contribution < -0.4 is 14.8 Å². The molecule has 0 unspecified atom stereocenters. The Morgan fingerprint density at radius 1 is 1.31 bits per heavy atom. The summed E-state index contributed by atoms with van der Waals surface area (Å²) in [5, 5.41) is 3.41. The molecule has 9 nitrogen and oxygen atoms in total. The van der Waals surface area contributed by atoms with Gasteiger partial charge in [-0.3, -0.25) is 4.79 Å². The number of pyridine rings is 1. The van der Waals surface area contributed by atoms with Crippen molar-refractivity contribution in [3.05, 3.63) is 12.1 Å². The van der Waals surface area contributed by atoms with E-state index >= 15 is 0 Å². The Morgan fingerprint density at radius 2 is 2.19 bits per heavy atom. The molecule has 2 aromatic heterocycles. The lowest BCUT2D eigenvalue weighted by Crippen LogP contribution is -2.40. The molecule has 2 saturated heterocycles. The lowest BCUT2D eigenvalue weighted by Gasteiger charge is -2.35. The number of ether oxygens (including phenoxy) is 5. The van der Waals surface area contributed by atoms with Crippen molar-refractivity contribution in [1.29, 1.82) is 0 Å². The molecule has 4 heterocycles. The SMILES string of the molecule is CC(=O)N[C@@H](C)CO[C@H]1C[C@H](COc2ccc3nc(O[C@@H]4CO[C@@H]5CCO[C@@H]54)sc3n2)C1. The summed E-state index contributed by atoms with van der Waals surface area (Å²) in [7, 11) is 0. The molecule has 5 rings (SSSR count). The van der Waals surface area contributed by atoms with Gasteiger partial charge in [0.2, 0.25) is 11.8 Å². The molecular weight excluding hydrogens is 434 g/mol. The molecule has 3 fully saturated rings. The first kappa shape index (κ1) is 21.8. The van der Waals surface area contributed by atoms with Crippen molar-refractivity contribution >= 4 is 27.6 Å². The monoisotopic (exact) mass is 463 g/mol. The van der Waals surface area contributed by atoms with Gasteiger partial charge >= 0.3 is 0 Å². The van der Waals surface area contributed by atoms with Crippen LogP contribution in [0.3, 0.4) is 0 Å². The first-order valence-electron chi connectivity index (χ1n) is 11.2. The molecule has 174 valence electrons. The zero-order chi connectivity index (χ0) is 22.1. The van der Waals surface area contributed by atoms with Crippen LogP contribution in [0, 0.1) is 5.92 Å². The molecule has 3 aliphatic rings. The molecular formula is C22H29N3O6S. The molecule has 0 radical (unpaired) electrons. The molecule has 1 saturated carbocycles. The van der Waals surface area contributed by atoms with Crippen LogP contribution in [0.2, 0.25) is 0 Å². The van der Waals surface area contributed by atoms with Gasteiger partial charge in [-0.25, -0.2) is 9.97 Å². The van der Waals surface area contributed by atoms with Crippen molar-refractivity contribution in [2.75, 3.05) is 26.4 Å². The summed E-state index contributed by atoms with van der Waals surface area (Å²) in [5.74, 6) is 1.02. The minimum atomic E-state index is -0.117. The number of nitrogens with zero attached hydrogens (tertiary/aromatic N) is 2. The Morgan fingerprint density at radius 3 is 3.03 bits per heavy atom. The molecule has 1 amide bonds. The van der Waals surface area contributed by atoms with Crippen LogP contribution in [0.15, 0.2) is 12.1 Å². The number of nitrogens with one attached hydrogen (secondary N) is 1. The summed E-state index contributed by atoms with van der Waals surface area (Å²) in [4.78, 5) is 21.0. The number of amides is 1. The highest BCUT2D eigenvalue weighted by molar-refractivity contribution is 7.19. The van der Waals surface area contributed by atoms with E-state index < -0.39 is 0 Å². The smallest absolute Gasteiger partial charge is 0.276 e. The molecule has 32 heavy (non-hydrogen) atoms. The van der Waals surface area contributed by atoms with E-state index in [2.05, 4.69) is 15.3 Å². The topological polar surface area (TPSA) is 101 Å². The number of rotatable bonds is 9. The standard InChI is InChI=1S/C22H29N3O6S/c1-12(23-13(2)26)9-28-15-7-14(8-15)10-30-19-4-3-16-21(25-19)32-22(24-16)31-18-11-29-17-5-6-27-20(17)18/h3-4,12,14-15,17-18,20H,5-11H2,1-2H3,(H,23,26)/t12-,14-,15-,17+,18+,20-/m0/s1. The Kier molecular flexibility index (Phi) is 6.45. The number of thiazole rings is 1. The maximum Gasteiger partial charge on any atom is 0.276 e. The molecule has 2 aliphatic heterocycles. The molecule has 0 spiro atoms. The first-order chi connectivity index (χ1) is 15.5. The molecule has 0 bridgehead atoms. The number of hydrogen-bond donors (Lipinski definition) is 1. The molecule has 4 atom stereocenters.